The Labute approximate surface area is 120 Å². The van der Waals surface area contributed by atoms with E-state index in [4.69, 9.17) is 4.74 Å². The first kappa shape index (κ1) is 14.0. The Morgan fingerprint density at radius 1 is 1.44 bits per heavy atom. The van der Waals surface area contributed by atoms with Gasteiger partial charge in [0, 0.05) is 11.0 Å². The van der Waals surface area contributed by atoms with Gasteiger partial charge in [0.2, 0.25) is 0 Å². The number of thiophene rings is 1. The van der Waals surface area contributed by atoms with Crippen LogP contribution in [0.3, 0.4) is 0 Å². The maximum Gasteiger partial charge on any atom is 0.262 e. The van der Waals surface area contributed by atoms with Crippen molar-refractivity contribution in [2.45, 2.75) is 38.2 Å². The number of hydrogen-bond acceptors (Lipinski definition) is 3. The maximum absolute atomic E-state index is 11.8. The number of hydrogen-bond donors (Lipinski definition) is 1. The summed E-state index contributed by atoms with van der Waals surface area (Å²) in [5.74, 6) is -0.0240. The van der Waals surface area contributed by atoms with Crippen LogP contribution in [0.25, 0.3) is 0 Å². The summed E-state index contributed by atoms with van der Waals surface area (Å²) >= 11 is 4.80. The highest BCUT2D eigenvalue weighted by atomic mass is 79.9. The van der Waals surface area contributed by atoms with Gasteiger partial charge in [-0.15, -0.1) is 11.3 Å². The third-order valence-electron chi connectivity index (χ3n) is 3.12. The van der Waals surface area contributed by atoms with Gasteiger partial charge in [0.1, 0.15) is 4.88 Å². The van der Waals surface area contributed by atoms with Crippen molar-refractivity contribution in [1.29, 1.82) is 0 Å². The number of amides is 1. The molecule has 0 bridgehead atoms. The minimum atomic E-state index is -0.0240. The Bertz CT molecular complexity index is 388. The van der Waals surface area contributed by atoms with Gasteiger partial charge >= 0.3 is 0 Å². The Morgan fingerprint density at radius 3 is 2.89 bits per heavy atom. The van der Waals surface area contributed by atoms with E-state index in [-0.39, 0.29) is 5.91 Å². The summed E-state index contributed by atoms with van der Waals surface area (Å²) in [4.78, 5) is 12.5. The molecule has 0 aromatic carbocycles. The molecule has 1 aliphatic carbocycles. The SMILES string of the molecule is O=C(NCCOC1CCCCC1)c1sccc1Br. The summed E-state index contributed by atoms with van der Waals surface area (Å²) in [6.07, 6.45) is 6.64. The molecular weight excluding hydrogens is 314 g/mol. The zero-order valence-corrected chi connectivity index (χ0v) is 12.7. The summed E-state index contributed by atoms with van der Waals surface area (Å²) in [6, 6.07) is 1.89. The number of carbonyl (C=O) groups is 1. The monoisotopic (exact) mass is 331 g/mol. The molecule has 1 saturated carbocycles. The molecule has 1 aromatic heterocycles. The zero-order chi connectivity index (χ0) is 12.8. The first-order valence-corrected chi connectivity index (χ1v) is 8.07. The molecule has 1 aromatic rings. The van der Waals surface area contributed by atoms with Gasteiger partial charge in [0.15, 0.2) is 0 Å². The van der Waals surface area contributed by atoms with E-state index >= 15 is 0 Å². The first-order chi connectivity index (χ1) is 8.77. The van der Waals surface area contributed by atoms with Crippen molar-refractivity contribution in [3.63, 3.8) is 0 Å². The smallest absolute Gasteiger partial charge is 0.262 e. The van der Waals surface area contributed by atoms with Gasteiger partial charge < -0.3 is 10.1 Å². The molecule has 18 heavy (non-hydrogen) atoms. The fourth-order valence-electron chi connectivity index (χ4n) is 2.16. The molecule has 1 heterocycles. The van der Waals surface area contributed by atoms with Gasteiger partial charge in [-0.25, -0.2) is 0 Å². The third kappa shape index (κ3) is 4.07. The molecule has 5 heteroatoms. The van der Waals surface area contributed by atoms with E-state index in [1.54, 1.807) is 0 Å². The summed E-state index contributed by atoms with van der Waals surface area (Å²) in [6.45, 7) is 1.19. The normalized spacial score (nSPS) is 16.7. The van der Waals surface area contributed by atoms with E-state index < -0.39 is 0 Å². The topological polar surface area (TPSA) is 38.3 Å². The first-order valence-electron chi connectivity index (χ1n) is 6.40. The lowest BCUT2D eigenvalue weighted by molar-refractivity contribution is 0.0300. The second-order valence-electron chi connectivity index (χ2n) is 4.48. The van der Waals surface area contributed by atoms with Gasteiger partial charge in [-0.1, -0.05) is 19.3 Å². The molecule has 0 radical (unpaired) electrons. The van der Waals surface area contributed by atoms with Gasteiger partial charge in [0.25, 0.3) is 5.91 Å². The summed E-state index contributed by atoms with van der Waals surface area (Å²) < 4.78 is 6.62. The van der Waals surface area contributed by atoms with Crippen LogP contribution in [0.15, 0.2) is 15.9 Å². The van der Waals surface area contributed by atoms with Crippen molar-refractivity contribution in [3.05, 3.63) is 20.8 Å². The van der Waals surface area contributed by atoms with Crippen molar-refractivity contribution in [2.24, 2.45) is 0 Å². The lowest BCUT2D eigenvalue weighted by Crippen LogP contribution is -2.29. The minimum absolute atomic E-state index is 0.0240. The van der Waals surface area contributed by atoms with Gasteiger partial charge in [-0.2, -0.15) is 0 Å². The predicted molar refractivity (Wildman–Crippen MR) is 77.2 cm³/mol. The fourth-order valence-corrected chi connectivity index (χ4v) is 3.63. The van der Waals surface area contributed by atoms with Crippen LogP contribution < -0.4 is 5.32 Å². The molecule has 2 rings (SSSR count). The summed E-state index contributed by atoms with van der Waals surface area (Å²) in [5.41, 5.74) is 0. The lowest BCUT2D eigenvalue weighted by Gasteiger charge is -2.21. The summed E-state index contributed by atoms with van der Waals surface area (Å²) in [7, 11) is 0. The molecule has 0 saturated heterocycles. The quantitative estimate of drug-likeness (QED) is 0.837. The van der Waals surface area contributed by atoms with Gasteiger partial charge in [0.05, 0.1) is 12.7 Å². The lowest BCUT2D eigenvalue weighted by atomic mass is 9.98. The Morgan fingerprint density at radius 2 is 2.22 bits per heavy atom. The van der Waals surface area contributed by atoms with Crippen LogP contribution >= 0.6 is 27.3 Å². The van der Waals surface area contributed by atoms with Crippen LogP contribution in [0.4, 0.5) is 0 Å². The summed E-state index contributed by atoms with van der Waals surface area (Å²) in [5, 5.41) is 4.78. The van der Waals surface area contributed by atoms with Crippen LogP contribution in [-0.2, 0) is 4.74 Å². The van der Waals surface area contributed by atoms with E-state index in [1.165, 1.54) is 43.4 Å². The highest BCUT2D eigenvalue weighted by Gasteiger charge is 2.14. The second kappa shape index (κ2) is 7.26. The molecule has 0 spiro atoms. The van der Waals surface area contributed by atoms with Crippen molar-refractivity contribution in [3.8, 4) is 0 Å². The highest BCUT2D eigenvalue weighted by molar-refractivity contribution is 9.10. The van der Waals surface area contributed by atoms with Gasteiger partial charge in [-0.3, -0.25) is 4.79 Å². The highest BCUT2D eigenvalue weighted by Crippen LogP contribution is 2.22. The predicted octanol–water partition coefficient (Wildman–Crippen LogP) is 3.59. The zero-order valence-electron chi connectivity index (χ0n) is 10.3. The average molecular weight is 332 g/mol. The Kier molecular flexibility index (Phi) is 5.66. The Balaban J connectivity index is 1.63. The largest absolute Gasteiger partial charge is 0.376 e. The average Bonchev–Trinajstić information content (AvgIpc) is 2.82. The number of carbonyl (C=O) groups excluding carboxylic acids is 1. The van der Waals surface area contributed by atoms with Crippen LogP contribution in [0.5, 0.6) is 0 Å². The van der Waals surface area contributed by atoms with E-state index in [0.717, 1.165) is 9.35 Å². The van der Waals surface area contributed by atoms with Crippen molar-refractivity contribution < 1.29 is 9.53 Å². The van der Waals surface area contributed by atoms with E-state index in [1.807, 2.05) is 11.4 Å². The molecule has 1 aliphatic rings. The molecule has 0 aliphatic heterocycles. The maximum atomic E-state index is 11.8. The number of rotatable bonds is 5. The van der Waals surface area contributed by atoms with Crippen LogP contribution in [-0.4, -0.2) is 25.2 Å². The van der Waals surface area contributed by atoms with Crippen LogP contribution in [0.1, 0.15) is 41.8 Å². The second-order valence-corrected chi connectivity index (χ2v) is 6.25. The minimum Gasteiger partial charge on any atom is -0.376 e. The molecule has 1 N–H and O–H groups in total. The van der Waals surface area contributed by atoms with E-state index in [2.05, 4.69) is 21.2 Å². The third-order valence-corrected chi connectivity index (χ3v) is 4.95. The molecule has 0 atom stereocenters. The number of ether oxygens (including phenoxy) is 1. The van der Waals surface area contributed by atoms with Crippen molar-refractivity contribution >= 4 is 33.2 Å². The van der Waals surface area contributed by atoms with E-state index in [9.17, 15) is 4.79 Å². The Hall–Kier alpha value is -0.390. The van der Waals surface area contributed by atoms with Gasteiger partial charge in [-0.05, 0) is 40.2 Å². The molecule has 1 fully saturated rings. The number of halogens is 1. The van der Waals surface area contributed by atoms with Crippen molar-refractivity contribution in [2.75, 3.05) is 13.2 Å². The molecular formula is C13H18BrNO2S. The van der Waals surface area contributed by atoms with Crippen LogP contribution in [0.2, 0.25) is 0 Å². The molecule has 100 valence electrons. The molecule has 3 nitrogen and oxygen atoms in total. The molecule has 0 unspecified atom stereocenters. The van der Waals surface area contributed by atoms with Crippen molar-refractivity contribution in [1.82, 2.24) is 5.32 Å². The van der Waals surface area contributed by atoms with E-state index in [0.29, 0.717) is 19.3 Å². The fraction of sp³-hybridized carbons (Fsp3) is 0.615. The standard InChI is InChI=1S/C13H18BrNO2S/c14-11-6-9-18-12(11)13(16)15-7-8-17-10-4-2-1-3-5-10/h6,9-10H,1-5,7-8H2,(H,15,16). The van der Waals surface area contributed by atoms with Crippen LogP contribution in [0, 0.1) is 0 Å². The number of nitrogens with one attached hydrogen (secondary N) is 1. The molecule has 1 amide bonds.